The molecule has 1 aliphatic rings. The van der Waals surface area contributed by atoms with Crippen molar-refractivity contribution in [2.24, 2.45) is 11.8 Å². The molecule has 1 aromatic rings. The van der Waals surface area contributed by atoms with Crippen molar-refractivity contribution in [1.82, 2.24) is 0 Å². The zero-order valence-electron chi connectivity index (χ0n) is 12.5. The summed E-state index contributed by atoms with van der Waals surface area (Å²) in [4.78, 5) is 22.7. The molecule has 0 amide bonds. The smallest absolute Gasteiger partial charge is 0.269 e. The highest BCUT2D eigenvalue weighted by atomic mass is 16.6. The summed E-state index contributed by atoms with van der Waals surface area (Å²) < 4.78 is 0. The van der Waals surface area contributed by atoms with E-state index in [1.165, 1.54) is 12.1 Å². The number of hydrogen-bond acceptors (Lipinski definition) is 3. The molecule has 110 valence electrons. The lowest BCUT2D eigenvalue weighted by atomic mass is 9.80. The van der Waals surface area contributed by atoms with E-state index in [1.807, 2.05) is 32.9 Å². The molecule has 2 rings (SSSR count). The number of allylic oxidation sites excluding steroid dienone is 3. The summed E-state index contributed by atoms with van der Waals surface area (Å²) in [5, 5.41) is 10.7. The fourth-order valence-corrected chi connectivity index (χ4v) is 2.49. The van der Waals surface area contributed by atoms with Gasteiger partial charge in [0.25, 0.3) is 5.69 Å². The number of hydrogen-bond donors (Lipinski definition) is 0. The van der Waals surface area contributed by atoms with Crippen molar-refractivity contribution in [3.63, 3.8) is 0 Å². The molecule has 1 unspecified atom stereocenters. The molecule has 1 aromatic carbocycles. The van der Waals surface area contributed by atoms with E-state index in [1.54, 1.807) is 12.1 Å². The maximum Gasteiger partial charge on any atom is 0.269 e. The average molecular weight is 285 g/mol. The molecule has 0 N–H and O–H groups in total. The number of carbonyl (C=O) groups excluding carboxylic acids is 1. The van der Waals surface area contributed by atoms with Crippen molar-refractivity contribution in [2.75, 3.05) is 0 Å². The molecule has 0 fully saturated rings. The lowest BCUT2D eigenvalue weighted by molar-refractivity contribution is -0.384. The van der Waals surface area contributed by atoms with Gasteiger partial charge in [0.2, 0.25) is 0 Å². The number of non-ortho nitro benzene ring substituents is 1. The Morgan fingerprint density at radius 1 is 1.29 bits per heavy atom. The number of nitrogens with zero attached hydrogens (tertiary/aromatic N) is 1. The Kier molecular flexibility index (Phi) is 4.36. The fraction of sp³-hybridized carbons (Fsp3) is 0.353. The topological polar surface area (TPSA) is 60.2 Å². The predicted molar refractivity (Wildman–Crippen MR) is 82.8 cm³/mol. The van der Waals surface area contributed by atoms with Crippen LogP contribution >= 0.6 is 0 Å². The van der Waals surface area contributed by atoms with Crippen molar-refractivity contribution >= 4 is 17.5 Å². The van der Waals surface area contributed by atoms with Crippen molar-refractivity contribution in [3.05, 3.63) is 57.2 Å². The van der Waals surface area contributed by atoms with E-state index in [9.17, 15) is 14.9 Å². The van der Waals surface area contributed by atoms with Crippen LogP contribution in [0.3, 0.4) is 0 Å². The van der Waals surface area contributed by atoms with Crippen LogP contribution < -0.4 is 0 Å². The van der Waals surface area contributed by atoms with Crippen LogP contribution in [0, 0.1) is 22.0 Å². The Labute approximate surface area is 124 Å². The van der Waals surface area contributed by atoms with Crippen LogP contribution in [0.15, 0.2) is 41.5 Å². The Bertz CT molecular complexity index is 624. The molecule has 0 aliphatic heterocycles. The average Bonchev–Trinajstić information content (AvgIpc) is 2.43. The van der Waals surface area contributed by atoms with Gasteiger partial charge in [-0.25, -0.2) is 0 Å². The van der Waals surface area contributed by atoms with Crippen LogP contribution in [0.2, 0.25) is 0 Å². The normalized spacial score (nSPS) is 20.8. The van der Waals surface area contributed by atoms with Crippen LogP contribution in [0.4, 0.5) is 5.69 Å². The Morgan fingerprint density at radius 2 is 1.90 bits per heavy atom. The van der Waals surface area contributed by atoms with Crippen molar-refractivity contribution in [2.45, 2.75) is 27.2 Å². The zero-order valence-corrected chi connectivity index (χ0v) is 12.5. The minimum Gasteiger partial charge on any atom is -0.289 e. The highest BCUT2D eigenvalue weighted by Gasteiger charge is 2.26. The standard InChI is InChI=1S/C17H19NO3/c1-11(2)15-9-4-12(3)16(17(15)19)10-13-5-7-14(8-6-13)18(20)21/h5-12H,4H2,1-3H3/b16-10+. The van der Waals surface area contributed by atoms with Crippen molar-refractivity contribution < 1.29 is 9.72 Å². The summed E-state index contributed by atoms with van der Waals surface area (Å²) in [6, 6.07) is 6.28. The van der Waals surface area contributed by atoms with Gasteiger partial charge >= 0.3 is 0 Å². The number of carbonyl (C=O) groups is 1. The van der Waals surface area contributed by atoms with Gasteiger partial charge in [-0.1, -0.05) is 26.8 Å². The second kappa shape index (κ2) is 6.04. The van der Waals surface area contributed by atoms with E-state index in [0.717, 1.165) is 23.1 Å². The Morgan fingerprint density at radius 3 is 2.43 bits per heavy atom. The summed E-state index contributed by atoms with van der Waals surface area (Å²) in [7, 11) is 0. The maximum atomic E-state index is 12.5. The number of nitro benzene ring substituents is 1. The third-order valence-corrected chi connectivity index (χ3v) is 3.79. The lowest BCUT2D eigenvalue weighted by Crippen LogP contribution is -2.20. The van der Waals surface area contributed by atoms with Gasteiger partial charge in [-0.2, -0.15) is 0 Å². The minimum atomic E-state index is -0.426. The van der Waals surface area contributed by atoms with Gasteiger partial charge in [-0.15, -0.1) is 0 Å². The van der Waals surface area contributed by atoms with E-state index < -0.39 is 4.92 Å². The summed E-state index contributed by atoms with van der Waals surface area (Å²) in [5.41, 5.74) is 2.53. The summed E-state index contributed by atoms with van der Waals surface area (Å²) in [5.74, 6) is 0.488. The number of benzene rings is 1. The number of ketones is 1. The minimum absolute atomic E-state index is 0.0583. The van der Waals surface area contributed by atoms with E-state index in [4.69, 9.17) is 0 Å². The Balaban J connectivity index is 2.33. The van der Waals surface area contributed by atoms with Gasteiger partial charge < -0.3 is 0 Å². The van der Waals surface area contributed by atoms with E-state index in [-0.39, 0.29) is 23.3 Å². The molecule has 0 bridgehead atoms. The number of Topliss-reactive ketones (excluding diaryl/α,β-unsaturated/α-hetero) is 1. The number of nitro groups is 1. The third kappa shape index (κ3) is 3.27. The molecule has 21 heavy (non-hydrogen) atoms. The largest absolute Gasteiger partial charge is 0.289 e. The van der Waals surface area contributed by atoms with Gasteiger partial charge in [0, 0.05) is 17.7 Å². The van der Waals surface area contributed by atoms with Crippen molar-refractivity contribution in [1.29, 1.82) is 0 Å². The van der Waals surface area contributed by atoms with Gasteiger partial charge in [0.1, 0.15) is 0 Å². The molecule has 0 saturated carbocycles. The monoisotopic (exact) mass is 285 g/mol. The van der Waals surface area contributed by atoms with Crippen LogP contribution in [-0.4, -0.2) is 10.7 Å². The van der Waals surface area contributed by atoms with Gasteiger partial charge in [0.15, 0.2) is 5.78 Å². The van der Waals surface area contributed by atoms with E-state index >= 15 is 0 Å². The number of rotatable bonds is 3. The SMILES string of the molecule is CC(C)C1=CCC(C)/C(=C\c2ccc([N+](=O)[O-])cc2)C1=O. The van der Waals surface area contributed by atoms with Gasteiger partial charge in [0.05, 0.1) is 4.92 Å². The van der Waals surface area contributed by atoms with Gasteiger partial charge in [-0.05, 0) is 47.6 Å². The van der Waals surface area contributed by atoms with Crippen LogP contribution in [0.25, 0.3) is 6.08 Å². The second-order valence-electron chi connectivity index (χ2n) is 5.73. The first-order valence-corrected chi connectivity index (χ1v) is 7.11. The van der Waals surface area contributed by atoms with E-state index in [0.29, 0.717) is 0 Å². The second-order valence-corrected chi connectivity index (χ2v) is 5.73. The zero-order chi connectivity index (χ0) is 15.6. The van der Waals surface area contributed by atoms with Crippen LogP contribution in [0.5, 0.6) is 0 Å². The summed E-state index contributed by atoms with van der Waals surface area (Å²) in [6.45, 7) is 6.06. The molecule has 0 spiro atoms. The first-order chi connectivity index (χ1) is 9.90. The molecular formula is C17H19NO3. The molecule has 0 aromatic heterocycles. The molecule has 1 aliphatic carbocycles. The maximum absolute atomic E-state index is 12.5. The predicted octanol–water partition coefficient (Wildman–Crippen LogP) is 4.17. The molecule has 0 saturated heterocycles. The molecule has 1 atom stereocenters. The molecule has 4 heteroatoms. The summed E-state index contributed by atoms with van der Waals surface area (Å²) in [6.07, 6.45) is 4.75. The van der Waals surface area contributed by atoms with Gasteiger partial charge in [-0.3, -0.25) is 14.9 Å². The summed E-state index contributed by atoms with van der Waals surface area (Å²) >= 11 is 0. The highest BCUT2D eigenvalue weighted by Crippen LogP contribution is 2.31. The van der Waals surface area contributed by atoms with Crippen LogP contribution in [-0.2, 0) is 4.79 Å². The third-order valence-electron chi connectivity index (χ3n) is 3.79. The Hall–Kier alpha value is -2.23. The molecular weight excluding hydrogens is 266 g/mol. The molecule has 4 nitrogen and oxygen atoms in total. The first-order valence-electron chi connectivity index (χ1n) is 7.11. The van der Waals surface area contributed by atoms with E-state index in [2.05, 4.69) is 0 Å². The van der Waals surface area contributed by atoms with Crippen LogP contribution in [0.1, 0.15) is 32.8 Å². The quantitative estimate of drug-likeness (QED) is 0.475. The fourth-order valence-electron chi connectivity index (χ4n) is 2.49. The lowest BCUT2D eigenvalue weighted by Gasteiger charge is -2.23. The molecule has 0 heterocycles. The highest BCUT2D eigenvalue weighted by molar-refractivity contribution is 6.12. The van der Waals surface area contributed by atoms with Crippen molar-refractivity contribution in [3.8, 4) is 0 Å². The first kappa shape index (κ1) is 15.2. The molecule has 0 radical (unpaired) electrons.